The first-order chi connectivity index (χ1) is 14.3. The Kier molecular flexibility index (Phi) is 7.22. The Labute approximate surface area is 180 Å². The van der Waals surface area contributed by atoms with Crippen LogP contribution in [0.3, 0.4) is 0 Å². The number of carbonyl (C=O) groups is 2. The Morgan fingerprint density at radius 3 is 2.50 bits per heavy atom. The number of sulfonamides is 1. The van der Waals surface area contributed by atoms with Gasteiger partial charge in [-0.3, -0.25) is 14.9 Å². The average Bonchev–Trinajstić information content (AvgIpc) is 3.20. The molecule has 1 aliphatic rings. The summed E-state index contributed by atoms with van der Waals surface area (Å²) in [5, 5.41) is 4.94. The van der Waals surface area contributed by atoms with Gasteiger partial charge >= 0.3 is 5.97 Å². The van der Waals surface area contributed by atoms with Gasteiger partial charge in [-0.15, -0.1) is 11.3 Å². The number of hydrogen-bond acceptors (Lipinski definition) is 7. The number of aryl methyl sites for hydroxylation is 1. The molecule has 1 aromatic carbocycles. The molecule has 3 rings (SSSR count). The lowest BCUT2D eigenvalue weighted by Gasteiger charge is -2.28. The van der Waals surface area contributed by atoms with Crippen LogP contribution in [0.15, 0.2) is 29.6 Å². The number of nitrogens with one attached hydrogen (secondary N) is 1. The number of rotatable bonds is 7. The summed E-state index contributed by atoms with van der Waals surface area (Å²) in [6.45, 7) is 2.26. The number of carbonyl (C=O) groups excluding carboxylic acids is 2. The van der Waals surface area contributed by atoms with Gasteiger partial charge in [-0.05, 0) is 24.8 Å². The van der Waals surface area contributed by atoms with E-state index in [-0.39, 0.29) is 13.1 Å². The molecule has 2 aromatic rings. The highest BCUT2D eigenvalue weighted by atomic mass is 32.2. The van der Waals surface area contributed by atoms with E-state index in [1.54, 1.807) is 0 Å². The molecule has 8 nitrogen and oxygen atoms in total. The molecule has 1 fully saturated rings. The van der Waals surface area contributed by atoms with Crippen molar-refractivity contribution < 1.29 is 22.7 Å². The van der Waals surface area contributed by atoms with E-state index in [0.717, 1.165) is 23.9 Å². The minimum atomic E-state index is -3.25. The smallest absolute Gasteiger partial charge is 0.309 e. The zero-order valence-electron chi connectivity index (χ0n) is 17.0. The third-order valence-corrected chi connectivity index (χ3v) is 7.07. The van der Waals surface area contributed by atoms with Crippen molar-refractivity contribution in [2.45, 2.75) is 26.2 Å². The maximum atomic E-state index is 12.2. The highest BCUT2D eigenvalue weighted by Crippen LogP contribution is 2.25. The summed E-state index contributed by atoms with van der Waals surface area (Å²) in [4.78, 5) is 28.7. The van der Waals surface area contributed by atoms with Gasteiger partial charge in [0.05, 0.1) is 17.9 Å². The highest BCUT2D eigenvalue weighted by Gasteiger charge is 2.30. The normalized spacial score (nSPS) is 15.7. The molecule has 10 heteroatoms. The monoisotopic (exact) mass is 451 g/mol. The van der Waals surface area contributed by atoms with E-state index < -0.39 is 34.4 Å². The average molecular weight is 452 g/mol. The lowest BCUT2D eigenvalue weighted by Crippen LogP contribution is -2.40. The fourth-order valence-electron chi connectivity index (χ4n) is 3.21. The molecule has 0 bridgehead atoms. The summed E-state index contributed by atoms with van der Waals surface area (Å²) in [5.74, 6) is -1.33. The Bertz CT molecular complexity index is 994. The van der Waals surface area contributed by atoms with E-state index in [1.807, 2.05) is 29.6 Å². The van der Waals surface area contributed by atoms with E-state index in [1.165, 1.54) is 21.2 Å². The summed E-state index contributed by atoms with van der Waals surface area (Å²) in [6.07, 6.45) is 2.90. The Morgan fingerprint density at radius 1 is 1.23 bits per heavy atom. The number of benzene rings is 1. The third-order valence-electron chi connectivity index (χ3n) is 5.01. The van der Waals surface area contributed by atoms with Gasteiger partial charge in [-0.2, -0.15) is 0 Å². The zero-order chi connectivity index (χ0) is 21.7. The van der Waals surface area contributed by atoms with Crippen LogP contribution in [0.5, 0.6) is 0 Å². The minimum Gasteiger partial charge on any atom is -0.455 e. The Balaban J connectivity index is 1.46. The van der Waals surface area contributed by atoms with Crippen molar-refractivity contribution in [2.24, 2.45) is 5.92 Å². The van der Waals surface area contributed by atoms with Gasteiger partial charge in [-0.1, -0.05) is 31.2 Å². The number of nitrogens with zero attached hydrogens (tertiary/aromatic N) is 2. The number of anilines is 1. The van der Waals surface area contributed by atoms with E-state index in [0.29, 0.717) is 18.0 Å². The van der Waals surface area contributed by atoms with Crippen molar-refractivity contribution in [1.29, 1.82) is 0 Å². The Morgan fingerprint density at radius 2 is 1.90 bits per heavy atom. The van der Waals surface area contributed by atoms with Crippen molar-refractivity contribution in [3.05, 3.63) is 35.2 Å². The standard InChI is InChI=1S/C20H25N3O5S2/c1-3-14-4-6-15(7-5-14)17-13-29-20(21-17)22-18(24)12-28-19(25)16-8-10-23(11-9-16)30(2,26)27/h4-7,13,16H,3,8-12H2,1-2H3,(H,21,22,24). The van der Waals surface area contributed by atoms with Crippen LogP contribution in [0.1, 0.15) is 25.3 Å². The predicted molar refractivity (Wildman–Crippen MR) is 116 cm³/mol. The van der Waals surface area contributed by atoms with E-state index in [4.69, 9.17) is 4.74 Å². The lowest BCUT2D eigenvalue weighted by molar-refractivity contribution is -0.152. The maximum Gasteiger partial charge on any atom is 0.309 e. The largest absolute Gasteiger partial charge is 0.455 e. The second-order valence-corrected chi connectivity index (χ2v) is 10.0. The molecular weight excluding hydrogens is 426 g/mol. The lowest BCUT2D eigenvalue weighted by atomic mass is 9.98. The van der Waals surface area contributed by atoms with Crippen LogP contribution in [-0.2, 0) is 30.8 Å². The number of thiazole rings is 1. The molecule has 0 aliphatic carbocycles. The molecule has 162 valence electrons. The van der Waals surface area contributed by atoms with Gasteiger partial charge in [-0.25, -0.2) is 17.7 Å². The van der Waals surface area contributed by atoms with Crippen molar-refractivity contribution >= 4 is 38.4 Å². The molecule has 1 aromatic heterocycles. The van der Waals surface area contributed by atoms with Crippen molar-refractivity contribution in [3.8, 4) is 11.3 Å². The van der Waals surface area contributed by atoms with Crippen LogP contribution < -0.4 is 5.32 Å². The topological polar surface area (TPSA) is 106 Å². The first kappa shape index (κ1) is 22.4. The van der Waals surface area contributed by atoms with Crippen molar-refractivity contribution in [3.63, 3.8) is 0 Å². The summed E-state index contributed by atoms with van der Waals surface area (Å²) in [6, 6.07) is 8.09. The molecule has 0 unspecified atom stereocenters. The van der Waals surface area contributed by atoms with Crippen molar-refractivity contribution in [2.75, 3.05) is 31.3 Å². The van der Waals surface area contributed by atoms with Crippen LogP contribution in [0, 0.1) is 5.92 Å². The number of amides is 1. The second-order valence-electron chi connectivity index (χ2n) is 7.18. The summed E-state index contributed by atoms with van der Waals surface area (Å²) < 4.78 is 29.5. The van der Waals surface area contributed by atoms with Gasteiger partial charge in [0.25, 0.3) is 5.91 Å². The highest BCUT2D eigenvalue weighted by molar-refractivity contribution is 7.88. The van der Waals surface area contributed by atoms with Crippen LogP contribution in [-0.4, -0.2) is 55.5 Å². The molecule has 0 spiro atoms. The zero-order valence-corrected chi connectivity index (χ0v) is 18.6. The quantitative estimate of drug-likeness (QED) is 0.649. The van der Waals surface area contributed by atoms with E-state index in [2.05, 4.69) is 17.2 Å². The second kappa shape index (κ2) is 9.67. The first-order valence-electron chi connectivity index (χ1n) is 9.72. The fourth-order valence-corrected chi connectivity index (χ4v) is 4.82. The molecule has 1 amide bonds. The van der Waals surface area contributed by atoms with E-state index in [9.17, 15) is 18.0 Å². The van der Waals surface area contributed by atoms with Crippen LogP contribution in [0.2, 0.25) is 0 Å². The molecule has 1 aliphatic heterocycles. The van der Waals surface area contributed by atoms with Crippen LogP contribution in [0.4, 0.5) is 5.13 Å². The Hall–Kier alpha value is -2.30. The first-order valence-corrected chi connectivity index (χ1v) is 12.5. The molecular formula is C20H25N3O5S2. The summed E-state index contributed by atoms with van der Waals surface area (Å²) >= 11 is 1.30. The number of aromatic nitrogens is 1. The molecule has 1 N–H and O–H groups in total. The van der Waals surface area contributed by atoms with Gasteiger partial charge in [0.15, 0.2) is 11.7 Å². The van der Waals surface area contributed by atoms with Crippen LogP contribution >= 0.6 is 11.3 Å². The van der Waals surface area contributed by atoms with E-state index >= 15 is 0 Å². The number of ether oxygens (including phenoxy) is 1. The molecule has 1 saturated heterocycles. The SMILES string of the molecule is CCc1ccc(-c2csc(NC(=O)COC(=O)C3CCN(S(C)(=O)=O)CC3)n2)cc1. The third kappa shape index (κ3) is 5.87. The van der Waals surface area contributed by atoms with Gasteiger partial charge in [0.1, 0.15) is 0 Å². The number of piperidine rings is 1. The van der Waals surface area contributed by atoms with Gasteiger partial charge in [0, 0.05) is 24.0 Å². The minimum absolute atomic E-state index is 0.284. The van der Waals surface area contributed by atoms with Gasteiger partial charge < -0.3 is 4.74 Å². The predicted octanol–water partition coefficient (Wildman–Crippen LogP) is 2.53. The molecule has 30 heavy (non-hydrogen) atoms. The van der Waals surface area contributed by atoms with Gasteiger partial charge in [0.2, 0.25) is 10.0 Å². The molecule has 2 heterocycles. The summed E-state index contributed by atoms with van der Waals surface area (Å²) in [5.41, 5.74) is 2.98. The number of hydrogen-bond donors (Lipinski definition) is 1. The van der Waals surface area contributed by atoms with Crippen molar-refractivity contribution in [1.82, 2.24) is 9.29 Å². The molecule has 0 radical (unpaired) electrons. The number of esters is 1. The summed E-state index contributed by atoms with van der Waals surface area (Å²) in [7, 11) is -3.25. The van der Waals surface area contributed by atoms with Crippen LogP contribution in [0.25, 0.3) is 11.3 Å². The molecule has 0 atom stereocenters. The molecule has 0 saturated carbocycles. The fraction of sp³-hybridized carbons (Fsp3) is 0.450. The maximum absolute atomic E-state index is 12.2.